The number of nitrogens with zero attached hydrogens (tertiary/aromatic N) is 1. The lowest BCUT2D eigenvalue weighted by atomic mass is 10.00. The van der Waals surface area contributed by atoms with E-state index in [0.717, 1.165) is 10.2 Å². The van der Waals surface area contributed by atoms with E-state index in [2.05, 4.69) is 5.32 Å². The Labute approximate surface area is 162 Å². The van der Waals surface area contributed by atoms with Crippen LogP contribution >= 0.6 is 7.92 Å². The maximum Gasteiger partial charge on any atom is 0.268 e. The minimum Gasteiger partial charge on any atom is -0.347 e. The van der Waals surface area contributed by atoms with Crippen molar-refractivity contribution in [2.45, 2.75) is 18.9 Å². The molecule has 0 radical (unpaired) electrons. The highest BCUT2D eigenvalue weighted by atomic mass is 31.1. The van der Waals surface area contributed by atoms with E-state index in [1.54, 1.807) is 12.1 Å². The van der Waals surface area contributed by atoms with Gasteiger partial charge in [0.15, 0.2) is 0 Å². The van der Waals surface area contributed by atoms with Crippen molar-refractivity contribution in [2.75, 3.05) is 24.8 Å². The second kappa shape index (κ2) is 8.31. The molecule has 1 N–H and O–H groups in total. The molecule has 0 saturated carbocycles. The average Bonchev–Trinajstić information content (AvgIpc) is 3.02. The first-order valence-corrected chi connectivity index (χ1v) is 11.0. The quantitative estimate of drug-likeness (QED) is 0.586. The van der Waals surface area contributed by atoms with Gasteiger partial charge in [-0.15, -0.1) is 0 Å². The van der Waals surface area contributed by atoms with Gasteiger partial charge >= 0.3 is 0 Å². The molecule has 0 aromatic heterocycles. The molecule has 1 unspecified atom stereocenters. The topological polar surface area (TPSA) is 49.4 Å². The molecular weight excluding hydrogens is 388 g/mol. The summed E-state index contributed by atoms with van der Waals surface area (Å²) in [4.78, 5) is 24.1. The van der Waals surface area contributed by atoms with E-state index in [0.29, 0.717) is 12.0 Å². The van der Waals surface area contributed by atoms with Gasteiger partial charge < -0.3 is 10.2 Å². The zero-order valence-corrected chi connectivity index (χ0v) is 16.3. The predicted octanol–water partition coefficient (Wildman–Crippen LogP) is 3.65. The Bertz CT molecular complexity index is 905. The molecular formula is C20H20F3N2O2P. The number of carbonyl (C=O) groups excluding carboxylic acids is 2. The zero-order valence-electron chi connectivity index (χ0n) is 15.5. The minimum absolute atomic E-state index is 0.0973. The SMILES string of the molecule is CP(C)c1ccccc1-c1ccc(N2CCC(NC=O)C2=O)c(C(F)F)c1F. The minimum atomic E-state index is -3.09. The van der Waals surface area contributed by atoms with Crippen molar-refractivity contribution in [3.63, 3.8) is 0 Å². The Morgan fingerprint density at radius 2 is 1.89 bits per heavy atom. The smallest absolute Gasteiger partial charge is 0.268 e. The average molecular weight is 408 g/mol. The molecule has 2 aromatic carbocycles. The lowest BCUT2D eigenvalue weighted by Gasteiger charge is -2.22. The third-order valence-electron chi connectivity index (χ3n) is 4.82. The Balaban J connectivity index is 2.11. The number of alkyl halides is 2. The summed E-state index contributed by atoms with van der Waals surface area (Å²) >= 11 is 0. The van der Waals surface area contributed by atoms with Crippen molar-refractivity contribution < 1.29 is 22.8 Å². The molecule has 1 fully saturated rings. The molecule has 1 aliphatic rings. The number of benzene rings is 2. The normalized spacial score (nSPS) is 16.9. The van der Waals surface area contributed by atoms with Crippen molar-refractivity contribution in [2.24, 2.45) is 0 Å². The third-order valence-corrected chi connectivity index (χ3v) is 6.17. The molecule has 1 aliphatic heterocycles. The van der Waals surface area contributed by atoms with E-state index in [4.69, 9.17) is 0 Å². The summed E-state index contributed by atoms with van der Waals surface area (Å²) in [7, 11) is -0.571. The fourth-order valence-electron chi connectivity index (χ4n) is 3.48. The van der Waals surface area contributed by atoms with Crippen LogP contribution in [0.15, 0.2) is 36.4 Å². The molecule has 3 rings (SSSR count). The molecule has 148 valence electrons. The highest BCUT2D eigenvalue weighted by molar-refractivity contribution is 7.64. The first-order valence-electron chi connectivity index (χ1n) is 8.75. The summed E-state index contributed by atoms with van der Waals surface area (Å²) in [6, 6.07) is 9.20. The van der Waals surface area contributed by atoms with E-state index in [1.165, 1.54) is 12.1 Å². The number of amides is 2. The van der Waals surface area contributed by atoms with E-state index in [1.807, 2.05) is 25.5 Å². The maximum absolute atomic E-state index is 15.3. The van der Waals surface area contributed by atoms with Gasteiger partial charge in [-0.2, -0.15) is 0 Å². The van der Waals surface area contributed by atoms with Crippen LogP contribution < -0.4 is 15.5 Å². The van der Waals surface area contributed by atoms with Crippen LogP contribution in [-0.4, -0.2) is 38.2 Å². The molecule has 1 saturated heterocycles. The highest BCUT2D eigenvalue weighted by Crippen LogP contribution is 2.40. The van der Waals surface area contributed by atoms with E-state index >= 15 is 4.39 Å². The van der Waals surface area contributed by atoms with Gasteiger partial charge in [-0.25, -0.2) is 13.2 Å². The van der Waals surface area contributed by atoms with Gasteiger partial charge in [0.1, 0.15) is 11.9 Å². The van der Waals surface area contributed by atoms with Crippen LogP contribution in [0, 0.1) is 5.82 Å². The van der Waals surface area contributed by atoms with Crippen LogP contribution in [0.2, 0.25) is 0 Å². The van der Waals surface area contributed by atoms with Crippen molar-refractivity contribution in [1.29, 1.82) is 0 Å². The molecule has 0 bridgehead atoms. The summed E-state index contributed by atoms with van der Waals surface area (Å²) < 4.78 is 42.9. The Kier molecular flexibility index (Phi) is 6.04. The zero-order chi connectivity index (χ0) is 20.4. The largest absolute Gasteiger partial charge is 0.347 e. The van der Waals surface area contributed by atoms with Gasteiger partial charge in [-0.3, -0.25) is 9.59 Å². The van der Waals surface area contributed by atoms with Crippen molar-refractivity contribution in [1.82, 2.24) is 5.32 Å². The number of anilines is 1. The number of carbonyl (C=O) groups is 2. The summed E-state index contributed by atoms with van der Waals surface area (Å²) in [6.07, 6.45) is -2.41. The summed E-state index contributed by atoms with van der Waals surface area (Å²) in [5, 5.41) is 3.28. The lowest BCUT2D eigenvalue weighted by molar-refractivity contribution is -0.121. The van der Waals surface area contributed by atoms with Gasteiger partial charge in [-0.1, -0.05) is 32.2 Å². The van der Waals surface area contributed by atoms with E-state index in [9.17, 15) is 18.4 Å². The lowest BCUT2D eigenvalue weighted by Crippen LogP contribution is -2.38. The molecule has 2 amide bonds. The van der Waals surface area contributed by atoms with Crippen molar-refractivity contribution >= 4 is 31.2 Å². The van der Waals surface area contributed by atoms with Gasteiger partial charge in [0, 0.05) is 12.1 Å². The maximum atomic E-state index is 15.3. The van der Waals surface area contributed by atoms with Gasteiger partial charge in [0.05, 0.1) is 11.3 Å². The third kappa shape index (κ3) is 3.63. The van der Waals surface area contributed by atoms with Crippen LogP contribution in [-0.2, 0) is 9.59 Å². The number of rotatable bonds is 6. The molecule has 4 nitrogen and oxygen atoms in total. The summed E-state index contributed by atoms with van der Waals surface area (Å²) in [6.45, 7) is 4.16. The Morgan fingerprint density at radius 3 is 2.54 bits per heavy atom. The number of hydrogen-bond donors (Lipinski definition) is 1. The standard InChI is InChI=1S/C20H20F3N2O2P/c1-28(2)16-6-4-3-5-12(16)13-7-8-15(17(18(13)21)19(22)23)25-10-9-14(20(25)27)24-11-26/h3-8,11,14,19H,9-10H2,1-2H3,(H,24,26). The Hall–Kier alpha value is -2.40. The first-order chi connectivity index (χ1) is 13.4. The molecule has 0 aliphatic carbocycles. The van der Waals surface area contributed by atoms with E-state index in [-0.39, 0.29) is 24.2 Å². The van der Waals surface area contributed by atoms with E-state index < -0.39 is 37.7 Å². The molecule has 8 heteroatoms. The summed E-state index contributed by atoms with van der Waals surface area (Å²) in [5.41, 5.74) is -0.258. The molecule has 28 heavy (non-hydrogen) atoms. The highest BCUT2D eigenvalue weighted by Gasteiger charge is 2.36. The molecule has 1 atom stereocenters. The second-order valence-electron chi connectivity index (χ2n) is 6.69. The summed E-state index contributed by atoms with van der Waals surface area (Å²) in [5.74, 6) is -1.54. The second-order valence-corrected chi connectivity index (χ2v) is 8.96. The van der Waals surface area contributed by atoms with Crippen LogP contribution in [0.3, 0.4) is 0 Å². The Morgan fingerprint density at radius 1 is 1.18 bits per heavy atom. The monoisotopic (exact) mass is 408 g/mol. The van der Waals surface area contributed by atoms with Crippen molar-refractivity contribution in [3.05, 3.63) is 47.8 Å². The van der Waals surface area contributed by atoms with Gasteiger partial charge in [-0.05, 0) is 42.8 Å². The number of hydrogen-bond acceptors (Lipinski definition) is 2. The van der Waals surface area contributed by atoms with Crippen LogP contribution in [0.25, 0.3) is 11.1 Å². The molecule has 2 aromatic rings. The van der Waals surface area contributed by atoms with Gasteiger partial charge in [0.2, 0.25) is 12.3 Å². The first kappa shape index (κ1) is 20.3. The van der Waals surface area contributed by atoms with Crippen LogP contribution in [0.4, 0.5) is 18.9 Å². The number of halogens is 3. The van der Waals surface area contributed by atoms with Crippen LogP contribution in [0.1, 0.15) is 18.4 Å². The van der Waals surface area contributed by atoms with Gasteiger partial charge in [0.25, 0.3) is 6.43 Å². The fourth-order valence-corrected chi connectivity index (χ4v) is 4.54. The molecule has 1 heterocycles. The molecule has 0 spiro atoms. The van der Waals surface area contributed by atoms with Crippen molar-refractivity contribution in [3.8, 4) is 11.1 Å². The number of nitrogens with one attached hydrogen (secondary N) is 1. The predicted molar refractivity (Wildman–Crippen MR) is 105 cm³/mol. The fraction of sp³-hybridized carbons (Fsp3) is 0.300. The van der Waals surface area contributed by atoms with Crippen LogP contribution in [0.5, 0.6) is 0 Å².